The van der Waals surface area contributed by atoms with Crippen molar-refractivity contribution in [1.82, 2.24) is 0 Å². The number of rotatable bonds is 1. The first-order valence-corrected chi connectivity index (χ1v) is 3.24. The normalized spacial score (nSPS) is 11.2. The lowest BCUT2D eigenvalue weighted by Gasteiger charge is -1.91. The molecular weight excluding hydrogens is 137 g/mol. The van der Waals surface area contributed by atoms with Gasteiger partial charge in [0.2, 0.25) is 0 Å². The second-order valence-electron chi connectivity index (χ2n) is 1.06. The summed E-state index contributed by atoms with van der Waals surface area (Å²) in [5, 5.41) is 7.64. The van der Waals surface area contributed by atoms with Crippen molar-refractivity contribution in [3.63, 3.8) is 0 Å². The summed E-state index contributed by atoms with van der Waals surface area (Å²) < 4.78 is 9.70. The van der Waals surface area contributed by atoms with Gasteiger partial charge in [-0.3, -0.25) is 9.79 Å². The maximum absolute atomic E-state index is 9.70. The van der Waals surface area contributed by atoms with E-state index in [0.29, 0.717) is 0 Å². The zero-order valence-corrected chi connectivity index (χ0v) is 4.58. The molecule has 0 aliphatic heterocycles. The van der Waals surface area contributed by atoms with Crippen molar-refractivity contribution in [2.24, 2.45) is 0 Å². The molecule has 48 valence electrons. The SMILES string of the molecule is O=C(O)[NH2+]P(=O)(O)O. The van der Waals surface area contributed by atoms with Gasteiger partial charge in [0.15, 0.2) is 0 Å². The molecule has 0 aromatic rings. The summed E-state index contributed by atoms with van der Waals surface area (Å²) in [5.74, 6) is 0. The zero-order chi connectivity index (χ0) is 6.78. The molecule has 0 aromatic heterocycles. The smallest absolute Gasteiger partial charge is 0.435 e. The summed E-state index contributed by atoms with van der Waals surface area (Å²) in [6.45, 7) is 0. The van der Waals surface area contributed by atoms with E-state index in [2.05, 4.69) is 0 Å². The molecule has 0 heterocycles. The average Bonchev–Trinajstić information content (AvgIpc) is 1.21. The lowest BCUT2D eigenvalue weighted by molar-refractivity contribution is -0.434. The summed E-state index contributed by atoms with van der Waals surface area (Å²) in [5.41, 5.74) is 0. The Labute approximate surface area is 44.4 Å². The van der Waals surface area contributed by atoms with Crippen molar-refractivity contribution >= 4 is 13.8 Å². The lowest BCUT2D eigenvalue weighted by atomic mass is 11.3. The predicted molar refractivity (Wildman–Crippen MR) is 22.0 cm³/mol. The fourth-order valence-electron chi connectivity index (χ4n) is 0.144. The Morgan fingerprint density at radius 1 is 1.50 bits per heavy atom. The molecule has 0 unspecified atom stereocenters. The molecule has 0 saturated carbocycles. The van der Waals surface area contributed by atoms with E-state index < -0.39 is 13.8 Å². The van der Waals surface area contributed by atoms with Gasteiger partial charge >= 0.3 is 13.8 Å². The zero-order valence-electron chi connectivity index (χ0n) is 3.68. The summed E-state index contributed by atoms with van der Waals surface area (Å²) in [7, 11) is -4.45. The van der Waals surface area contributed by atoms with Crippen LogP contribution in [0.25, 0.3) is 0 Å². The van der Waals surface area contributed by atoms with Crippen molar-refractivity contribution in [2.45, 2.75) is 0 Å². The van der Waals surface area contributed by atoms with Crippen LogP contribution >= 0.6 is 7.75 Å². The van der Waals surface area contributed by atoms with Gasteiger partial charge in [0.25, 0.3) is 0 Å². The van der Waals surface area contributed by atoms with Crippen LogP contribution in [0.1, 0.15) is 0 Å². The van der Waals surface area contributed by atoms with E-state index in [1.165, 1.54) is 0 Å². The van der Waals surface area contributed by atoms with E-state index in [1.807, 2.05) is 0 Å². The number of nitrogens with two attached hydrogens (primary N) is 1. The Hall–Kier alpha value is -0.420. The Kier molecular flexibility index (Phi) is 2.12. The Morgan fingerprint density at radius 2 is 1.88 bits per heavy atom. The molecule has 1 amide bonds. The number of primary amides is 1. The number of carbonyl (C=O) groups is 1. The van der Waals surface area contributed by atoms with Gasteiger partial charge in [0, 0.05) is 0 Å². The Balaban J connectivity index is 3.74. The molecule has 0 fully saturated rings. The van der Waals surface area contributed by atoms with Crippen molar-refractivity contribution < 1.29 is 29.3 Å². The minimum Gasteiger partial charge on any atom is -0.435 e. The van der Waals surface area contributed by atoms with Gasteiger partial charge in [-0.2, -0.15) is 9.88 Å². The highest BCUT2D eigenvalue weighted by molar-refractivity contribution is 7.44. The minimum absolute atomic E-state index is 0.0625. The molecule has 8 heavy (non-hydrogen) atoms. The van der Waals surface area contributed by atoms with Crippen LogP contribution in [-0.4, -0.2) is 21.0 Å². The molecule has 0 radical (unpaired) electrons. The van der Waals surface area contributed by atoms with Crippen LogP contribution in [0.3, 0.4) is 0 Å². The second kappa shape index (κ2) is 2.23. The van der Waals surface area contributed by atoms with Gasteiger partial charge in [-0.15, -0.1) is 0 Å². The predicted octanol–water partition coefficient (Wildman–Crippen LogP) is -1.68. The largest absolute Gasteiger partial charge is 0.533 e. The summed E-state index contributed by atoms with van der Waals surface area (Å²) in [6, 6.07) is 0. The summed E-state index contributed by atoms with van der Waals surface area (Å²) >= 11 is 0. The Morgan fingerprint density at radius 3 is 1.88 bits per heavy atom. The van der Waals surface area contributed by atoms with Crippen LogP contribution in [0.5, 0.6) is 0 Å². The van der Waals surface area contributed by atoms with Crippen molar-refractivity contribution in [2.75, 3.05) is 0 Å². The third kappa shape index (κ3) is 5.58. The molecule has 0 atom stereocenters. The van der Waals surface area contributed by atoms with Crippen LogP contribution in [0.15, 0.2) is 0 Å². The number of quaternary nitrogens is 1. The number of carboxylic acid groups (broad SMARTS) is 1. The minimum atomic E-state index is -4.45. The third-order valence-corrected chi connectivity index (χ3v) is 0.836. The van der Waals surface area contributed by atoms with Crippen LogP contribution in [0.2, 0.25) is 0 Å². The maximum Gasteiger partial charge on any atom is 0.533 e. The summed E-state index contributed by atoms with van der Waals surface area (Å²) in [4.78, 5) is 25.2. The van der Waals surface area contributed by atoms with E-state index >= 15 is 0 Å². The first-order chi connectivity index (χ1) is 3.42. The fourth-order valence-corrected chi connectivity index (χ4v) is 0.432. The van der Waals surface area contributed by atoms with E-state index in [0.717, 1.165) is 0 Å². The molecule has 7 heteroatoms. The van der Waals surface area contributed by atoms with Crippen LogP contribution in [-0.2, 0) is 4.57 Å². The molecule has 0 bridgehead atoms. The Bertz CT molecular complexity index is 135. The van der Waals surface area contributed by atoms with E-state index in [-0.39, 0.29) is 5.09 Å². The van der Waals surface area contributed by atoms with Crippen molar-refractivity contribution in [3.05, 3.63) is 0 Å². The lowest BCUT2D eigenvalue weighted by Crippen LogP contribution is -2.82. The third-order valence-electron chi connectivity index (χ3n) is 0.279. The molecule has 0 spiro atoms. The van der Waals surface area contributed by atoms with Crippen molar-refractivity contribution in [3.8, 4) is 0 Å². The van der Waals surface area contributed by atoms with Gasteiger partial charge < -0.3 is 5.11 Å². The van der Waals surface area contributed by atoms with Crippen LogP contribution in [0.4, 0.5) is 4.79 Å². The molecule has 0 saturated heterocycles. The van der Waals surface area contributed by atoms with Gasteiger partial charge in [0.05, 0.1) is 0 Å². The van der Waals surface area contributed by atoms with Crippen molar-refractivity contribution in [1.29, 1.82) is 0 Å². The molecule has 5 N–H and O–H groups in total. The number of hydrogen-bond donors (Lipinski definition) is 4. The maximum atomic E-state index is 9.70. The number of amides is 1. The van der Waals surface area contributed by atoms with E-state index in [9.17, 15) is 9.36 Å². The first-order valence-electron chi connectivity index (χ1n) is 1.56. The molecular formula is CH5NO5P+. The number of hydrogen-bond acceptors (Lipinski definition) is 2. The van der Waals surface area contributed by atoms with Gasteiger partial charge in [-0.05, 0) is 0 Å². The highest BCUT2D eigenvalue weighted by Gasteiger charge is 2.22. The van der Waals surface area contributed by atoms with E-state index in [4.69, 9.17) is 14.9 Å². The molecule has 0 aromatic carbocycles. The van der Waals surface area contributed by atoms with Gasteiger partial charge in [-0.1, -0.05) is 0 Å². The quantitative estimate of drug-likeness (QED) is 0.327. The molecule has 0 aliphatic carbocycles. The van der Waals surface area contributed by atoms with Crippen LogP contribution < -0.4 is 5.09 Å². The van der Waals surface area contributed by atoms with Crippen LogP contribution in [0, 0.1) is 0 Å². The summed E-state index contributed by atoms with van der Waals surface area (Å²) in [6.07, 6.45) is -1.61. The average molecular weight is 142 g/mol. The highest BCUT2D eigenvalue weighted by atomic mass is 31.2. The fraction of sp³-hybridized carbons (Fsp3) is 0. The van der Waals surface area contributed by atoms with Gasteiger partial charge in [-0.25, -0.2) is 4.57 Å². The highest BCUT2D eigenvalue weighted by Crippen LogP contribution is 2.17. The first kappa shape index (κ1) is 7.58. The standard InChI is InChI=1S/CH4NO5P/c3-1(4)2-8(5,6)7/h(H,3,4)(H3,2,5,6,7)/p+1. The molecule has 6 nitrogen and oxygen atoms in total. The molecule has 0 aliphatic rings. The monoisotopic (exact) mass is 142 g/mol. The van der Waals surface area contributed by atoms with E-state index in [1.54, 1.807) is 0 Å². The van der Waals surface area contributed by atoms with Gasteiger partial charge in [0.1, 0.15) is 0 Å². The molecule has 0 rings (SSSR count). The topological polar surface area (TPSA) is 111 Å². The second-order valence-corrected chi connectivity index (χ2v) is 2.49.